The number of carbonyl (C=O) groups is 3. The minimum atomic E-state index is -0.642. The lowest BCUT2D eigenvalue weighted by atomic mass is 9.94. The maximum absolute atomic E-state index is 14.6. The number of nitrogens with zero attached hydrogens (tertiary/aromatic N) is 4. The van der Waals surface area contributed by atoms with Crippen molar-refractivity contribution in [2.75, 3.05) is 20.8 Å². The molecule has 4 aromatic carbocycles. The van der Waals surface area contributed by atoms with E-state index in [1.54, 1.807) is 14.0 Å². The summed E-state index contributed by atoms with van der Waals surface area (Å²) in [5.74, 6) is -1.17. The Bertz CT molecular complexity index is 2650. The summed E-state index contributed by atoms with van der Waals surface area (Å²) in [6.07, 6.45) is 14.0. The van der Waals surface area contributed by atoms with Gasteiger partial charge in [0.05, 0.1) is 12.6 Å². The van der Waals surface area contributed by atoms with Gasteiger partial charge in [0.25, 0.3) is 11.8 Å². The quantitative estimate of drug-likeness (QED) is 0.0971. The van der Waals surface area contributed by atoms with Gasteiger partial charge in [-0.2, -0.15) is 0 Å². The van der Waals surface area contributed by atoms with Crippen LogP contribution in [0.1, 0.15) is 85.2 Å². The number of methoxy groups -OCH3 is 1. The average Bonchev–Trinajstić information content (AvgIpc) is 3.87. The first kappa shape index (κ1) is 39.1. The van der Waals surface area contributed by atoms with E-state index < -0.39 is 23.9 Å². The van der Waals surface area contributed by atoms with Gasteiger partial charge in [-0.3, -0.25) is 19.4 Å². The highest BCUT2D eigenvalue weighted by Gasteiger charge is 2.45. The van der Waals surface area contributed by atoms with Crippen molar-refractivity contribution in [1.82, 2.24) is 18.9 Å². The van der Waals surface area contributed by atoms with Crippen LogP contribution < -0.4 is 10.7 Å². The van der Waals surface area contributed by atoms with Crippen LogP contribution in [0.3, 0.4) is 0 Å². The van der Waals surface area contributed by atoms with E-state index in [0.29, 0.717) is 18.4 Å². The Balaban J connectivity index is 1.39. The van der Waals surface area contributed by atoms with Crippen molar-refractivity contribution in [3.63, 3.8) is 0 Å². The van der Waals surface area contributed by atoms with Crippen LogP contribution in [0.2, 0.25) is 0 Å². The molecule has 4 amide bonds. The van der Waals surface area contributed by atoms with Crippen molar-refractivity contribution < 1.29 is 19.1 Å². The second kappa shape index (κ2) is 15.9. The molecule has 0 bridgehead atoms. The highest BCUT2D eigenvalue weighted by atomic mass is 16.5. The topological polar surface area (TPSA) is 76.8 Å². The second-order valence-electron chi connectivity index (χ2n) is 16.2. The van der Waals surface area contributed by atoms with E-state index in [-0.39, 0.29) is 24.3 Å². The van der Waals surface area contributed by atoms with Gasteiger partial charge < -0.3 is 13.9 Å². The monoisotopic (exact) mass is 774 g/mol. The number of hydrogen-bond acceptors (Lipinski definition) is 4. The predicted molar refractivity (Wildman–Crippen MR) is 236 cm³/mol. The molecule has 1 saturated heterocycles. The minimum absolute atomic E-state index is 0.0258. The van der Waals surface area contributed by atoms with Gasteiger partial charge in [0.1, 0.15) is 5.57 Å². The summed E-state index contributed by atoms with van der Waals surface area (Å²) in [6.45, 7) is 10.9. The zero-order valence-electron chi connectivity index (χ0n) is 34.8. The summed E-state index contributed by atoms with van der Waals surface area (Å²) in [6, 6.07) is 25.2. The minimum Gasteiger partial charge on any atom is -0.383 e. The number of amides is 4. The average molecular weight is 775 g/mol. The lowest BCUT2D eigenvalue weighted by molar-refractivity contribution is -0.137. The number of urea groups is 1. The predicted octanol–water partition coefficient (Wildman–Crippen LogP) is 9.72. The molecular formula is C50H54N4O4. The Morgan fingerprint density at radius 3 is 1.53 bits per heavy atom. The molecule has 3 heterocycles. The van der Waals surface area contributed by atoms with Crippen molar-refractivity contribution in [1.29, 1.82) is 0 Å². The number of aromatic nitrogens is 2. The van der Waals surface area contributed by atoms with Crippen LogP contribution in [0.15, 0.2) is 107 Å². The Labute approximate surface area is 340 Å². The Kier molecular flexibility index (Phi) is 10.7. The van der Waals surface area contributed by atoms with Crippen molar-refractivity contribution in [2.24, 2.45) is 0 Å². The summed E-state index contributed by atoms with van der Waals surface area (Å²) in [5.41, 5.74) is 4.83. The van der Waals surface area contributed by atoms with Crippen LogP contribution in [0, 0.1) is 0 Å². The number of imide groups is 2. The lowest BCUT2D eigenvalue weighted by Gasteiger charge is -2.36. The molecule has 8 nitrogen and oxygen atoms in total. The number of rotatable bonds is 11. The van der Waals surface area contributed by atoms with Crippen LogP contribution in [-0.2, 0) is 14.3 Å². The molecule has 298 valence electrons. The number of benzene rings is 4. The molecule has 2 fully saturated rings. The standard InChI is InChI=1S/C50H54N4O4/c1-8-14-31(3)52-40(38-20-10-16-34-18-12-22-42(52)45(34)38)28-26-36-24-25-37(44(36)47-48(55)51(6)50(57)54(49(47)56)33(5)30-58-7)27-29-41-39-21-11-17-35-19-13-23-43(46(35)39)53(41)32(4)15-9-2/h10-13,16-23,26-29,31-33H,8-9,14-15,24-25,30H2,1-7H3/b36-26+,37-27+,40-28+,41-29+,47-44?. The van der Waals surface area contributed by atoms with Gasteiger partial charge in [0.2, 0.25) is 0 Å². The molecule has 3 unspecified atom stereocenters. The van der Waals surface area contributed by atoms with Gasteiger partial charge in [-0.1, -0.05) is 99.5 Å². The third kappa shape index (κ3) is 6.38. The zero-order valence-corrected chi connectivity index (χ0v) is 34.8. The third-order valence-corrected chi connectivity index (χ3v) is 12.4. The molecule has 1 saturated carbocycles. The highest BCUT2D eigenvalue weighted by molar-refractivity contribution is 6.30. The van der Waals surface area contributed by atoms with E-state index in [1.807, 2.05) is 0 Å². The van der Waals surface area contributed by atoms with Crippen LogP contribution in [0.5, 0.6) is 0 Å². The summed E-state index contributed by atoms with van der Waals surface area (Å²) in [5, 5.41) is 9.43. The first-order chi connectivity index (χ1) is 28.1. The number of carbonyl (C=O) groups excluding carboxylic acids is 3. The molecule has 1 aliphatic carbocycles. The van der Waals surface area contributed by atoms with Gasteiger partial charge >= 0.3 is 6.03 Å². The Morgan fingerprint density at radius 1 is 0.621 bits per heavy atom. The van der Waals surface area contributed by atoms with Gasteiger partial charge in [-0.25, -0.2) is 4.79 Å². The van der Waals surface area contributed by atoms with Gasteiger partial charge in [-0.15, -0.1) is 0 Å². The molecule has 2 aromatic heterocycles. The fourth-order valence-electron chi connectivity index (χ4n) is 9.75. The largest absolute Gasteiger partial charge is 0.383 e. The second-order valence-corrected chi connectivity index (χ2v) is 16.2. The fraction of sp³-hybridized carbons (Fsp3) is 0.340. The third-order valence-electron chi connectivity index (χ3n) is 12.4. The molecule has 8 rings (SSSR count). The first-order valence-electron chi connectivity index (χ1n) is 20.9. The Morgan fingerprint density at radius 2 is 1.09 bits per heavy atom. The molecule has 6 aromatic rings. The summed E-state index contributed by atoms with van der Waals surface area (Å²) in [7, 11) is 3.00. The number of allylic oxidation sites excluding steroid dienone is 5. The van der Waals surface area contributed by atoms with Crippen LogP contribution in [-0.4, -0.2) is 63.6 Å². The van der Waals surface area contributed by atoms with Crippen molar-refractivity contribution in [2.45, 2.75) is 91.3 Å². The SMILES string of the molecule is CCCC(C)n1/c(=C/C=C2\CC/C(=C\C=c3/c4cccc5cccc(c54)n3C(C)CCC)C2=C2C(=O)N(C)C(=O)N(C(C)COC)C2=O)c2cccc3cccc1c32. The van der Waals surface area contributed by atoms with Gasteiger partial charge in [0, 0.05) is 69.5 Å². The number of barbiturate groups is 1. The first-order valence-corrected chi connectivity index (χ1v) is 20.9. The molecule has 0 radical (unpaired) electrons. The van der Waals surface area contributed by atoms with Crippen molar-refractivity contribution >= 4 is 73.3 Å². The summed E-state index contributed by atoms with van der Waals surface area (Å²) in [4.78, 5) is 44.8. The maximum Gasteiger partial charge on any atom is 0.334 e. The van der Waals surface area contributed by atoms with Gasteiger partial charge in [0.15, 0.2) is 0 Å². The van der Waals surface area contributed by atoms with E-state index in [4.69, 9.17) is 4.74 Å². The number of ether oxygens (including phenoxy) is 1. The molecule has 0 spiro atoms. The molecule has 3 atom stereocenters. The van der Waals surface area contributed by atoms with Crippen LogP contribution in [0.25, 0.3) is 55.5 Å². The summed E-state index contributed by atoms with van der Waals surface area (Å²) < 4.78 is 10.3. The van der Waals surface area contributed by atoms with E-state index in [9.17, 15) is 14.4 Å². The highest BCUT2D eigenvalue weighted by Crippen LogP contribution is 2.41. The number of likely N-dealkylation sites (N-methyl/N-ethyl adjacent to an activating group) is 1. The fourth-order valence-corrected chi connectivity index (χ4v) is 9.75. The van der Waals surface area contributed by atoms with E-state index in [0.717, 1.165) is 52.4 Å². The number of hydrogen-bond donors (Lipinski definition) is 0. The van der Waals surface area contributed by atoms with Crippen LogP contribution >= 0.6 is 0 Å². The molecule has 0 N–H and O–H groups in total. The molecule has 2 aliphatic rings. The van der Waals surface area contributed by atoms with Crippen molar-refractivity contribution in [3.8, 4) is 0 Å². The maximum atomic E-state index is 14.6. The van der Waals surface area contributed by atoms with Gasteiger partial charge in [-0.05, 0) is 98.2 Å². The summed E-state index contributed by atoms with van der Waals surface area (Å²) >= 11 is 0. The molecule has 1 aliphatic heterocycles. The molecule has 58 heavy (non-hydrogen) atoms. The Hall–Kier alpha value is -5.73. The van der Waals surface area contributed by atoms with E-state index >= 15 is 0 Å². The molecule has 8 heteroatoms. The van der Waals surface area contributed by atoms with E-state index in [2.05, 4.69) is 134 Å². The van der Waals surface area contributed by atoms with Crippen molar-refractivity contribution in [3.05, 3.63) is 118 Å². The van der Waals surface area contributed by atoms with Crippen LogP contribution in [0.4, 0.5) is 4.79 Å². The smallest absolute Gasteiger partial charge is 0.334 e. The van der Waals surface area contributed by atoms with E-state index in [1.165, 1.54) is 55.3 Å². The normalized spacial score (nSPS) is 19.3. The zero-order chi connectivity index (χ0) is 40.8. The molecular weight excluding hydrogens is 721 g/mol. The lowest BCUT2D eigenvalue weighted by Crippen LogP contribution is -2.58.